The van der Waals surface area contributed by atoms with Gasteiger partial charge in [-0.05, 0) is 31.5 Å². The zero-order chi connectivity index (χ0) is 14.7. The van der Waals surface area contributed by atoms with Gasteiger partial charge < -0.3 is 10.4 Å². The maximum Gasteiger partial charge on any atom is 0.338 e. The Morgan fingerprint density at radius 3 is 2.45 bits per heavy atom. The highest BCUT2D eigenvalue weighted by atomic mass is 32.1. The Morgan fingerprint density at radius 1 is 1.25 bits per heavy atom. The molecule has 4 nitrogen and oxygen atoms in total. The van der Waals surface area contributed by atoms with E-state index in [4.69, 9.17) is 5.11 Å². The van der Waals surface area contributed by atoms with Crippen molar-refractivity contribution in [3.05, 3.63) is 51.9 Å². The molecule has 2 rings (SSSR count). The lowest BCUT2D eigenvalue weighted by molar-refractivity contribution is 0.0698. The number of hydrogen-bond acceptors (Lipinski definition) is 3. The van der Waals surface area contributed by atoms with Gasteiger partial charge in [0.2, 0.25) is 0 Å². The molecular formula is C15H15NO3S. The molecule has 1 aromatic carbocycles. The molecule has 0 bridgehead atoms. The molecule has 0 spiro atoms. The van der Waals surface area contributed by atoms with Crippen LogP contribution in [0.2, 0.25) is 0 Å². The van der Waals surface area contributed by atoms with Crippen LogP contribution in [0.1, 0.15) is 38.1 Å². The van der Waals surface area contributed by atoms with E-state index in [9.17, 15) is 9.59 Å². The number of carboxylic acid groups (broad SMARTS) is 1. The van der Waals surface area contributed by atoms with Gasteiger partial charge in [0, 0.05) is 10.4 Å². The molecular weight excluding hydrogens is 274 g/mol. The molecule has 2 N–H and O–H groups in total. The predicted octanol–water partition coefficient (Wildman–Crippen LogP) is 3.57. The van der Waals surface area contributed by atoms with Crippen LogP contribution >= 0.6 is 11.3 Å². The van der Waals surface area contributed by atoms with Crippen molar-refractivity contribution in [3.63, 3.8) is 0 Å². The van der Waals surface area contributed by atoms with Gasteiger partial charge in [-0.25, -0.2) is 4.79 Å². The van der Waals surface area contributed by atoms with Gasteiger partial charge in [-0.2, -0.15) is 0 Å². The first kappa shape index (κ1) is 14.3. The maximum absolute atomic E-state index is 12.1. The van der Waals surface area contributed by atoms with Crippen LogP contribution in [0.15, 0.2) is 30.3 Å². The minimum absolute atomic E-state index is 0.146. The summed E-state index contributed by atoms with van der Waals surface area (Å²) in [5, 5.41) is 12.2. The van der Waals surface area contributed by atoms with E-state index >= 15 is 0 Å². The van der Waals surface area contributed by atoms with Gasteiger partial charge >= 0.3 is 5.97 Å². The normalized spacial score (nSPS) is 10.3. The number of carbonyl (C=O) groups is 2. The Labute approximate surface area is 121 Å². The van der Waals surface area contributed by atoms with Crippen LogP contribution in [-0.4, -0.2) is 17.0 Å². The molecule has 0 saturated carbocycles. The number of amides is 1. The highest BCUT2D eigenvalue weighted by Crippen LogP contribution is 2.29. The van der Waals surface area contributed by atoms with Crippen molar-refractivity contribution in [2.75, 3.05) is 5.32 Å². The van der Waals surface area contributed by atoms with E-state index in [1.54, 1.807) is 18.2 Å². The molecule has 0 unspecified atom stereocenters. The lowest BCUT2D eigenvalue weighted by Crippen LogP contribution is -2.13. The number of anilines is 1. The highest BCUT2D eigenvalue weighted by Gasteiger charge is 2.17. The Bertz CT molecular complexity index is 644. The number of nitrogens with one attached hydrogen (secondary N) is 1. The number of thiophene rings is 1. The lowest BCUT2D eigenvalue weighted by Gasteiger charge is -2.04. The van der Waals surface area contributed by atoms with Crippen molar-refractivity contribution >= 4 is 28.2 Å². The van der Waals surface area contributed by atoms with Crippen molar-refractivity contribution in [1.29, 1.82) is 0 Å². The van der Waals surface area contributed by atoms with Crippen LogP contribution in [0, 0.1) is 6.92 Å². The number of aromatic carboxylic acids is 1. The van der Waals surface area contributed by atoms with E-state index < -0.39 is 5.97 Å². The van der Waals surface area contributed by atoms with E-state index in [-0.39, 0.29) is 11.5 Å². The standard InChI is InChI=1S/C15H15NO3S/c1-3-11-8-12(15(18)19)14(20-11)16-13(17)10-6-4-9(2)5-7-10/h4-8H,3H2,1-2H3,(H,16,17)(H,18,19). The summed E-state index contributed by atoms with van der Waals surface area (Å²) < 4.78 is 0. The molecule has 1 heterocycles. The third kappa shape index (κ3) is 3.05. The van der Waals surface area contributed by atoms with Gasteiger partial charge in [-0.3, -0.25) is 4.79 Å². The fourth-order valence-electron chi connectivity index (χ4n) is 1.75. The third-order valence-corrected chi connectivity index (χ3v) is 4.10. The second-order valence-electron chi connectivity index (χ2n) is 4.43. The summed E-state index contributed by atoms with van der Waals surface area (Å²) in [4.78, 5) is 24.2. The molecule has 5 heteroatoms. The van der Waals surface area contributed by atoms with Gasteiger partial charge in [0.25, 0.3) is 5.91 Å². The smallest absolute Gasteiger partial charge is 0.338 e. The second-order valence-corrected chi connectivity index (χ2v) is 5.57. The molecule has 0 aliphatic rings. The van der Waals surface area contributed by atoms with Crippen LogP contribution in [0.4, 0.5) is 5.00 Å². The zero-order valence-electron chi connectivity index (χ0n) is 11.3. The Hall–Kier alpha value is -2.14. The SMILES string of the molecule is CCc1cc(C(=O)O)c(NC(=O)c2ccc(C)cc2)s1. The summed E-state index contributed by atoms with van der Waals surface area (Å²) in [5.41, 5.74) is 1.72. The topological polar surface area (TPSA) is 66.4 Å². The largest absolute Gasteiger partial charge is 0.478 e. The summed E-state index contributed by atoms with van der Waals surface area (Å²) in [5.74, 6) is -1.32. The minimum Gasteiger partial charge on any atom is -0.478 e. The van der Waals surface area contributed by atoms with Crippen molar-refractivity contribution < 1.29 is 14.7 Å². The van der Waals surface area contributed by atoms with E-state index in [0.29, 0.717) is 10.6 Å². The molecule has 1 amide bonds. The van der Waals surface area contributed by atoms with Crippen molar-refractivity contribution in [3.8, 4) is 0 Å². The number of carbonyl (C=O) groups excluding carboxylic acids is 1. The number of benzene rings is 1. The number of carboxylic acids is 1. The molecule has 20 heavy (non-hydrogen) atoms. The van der Waals surface area contributed by atoms with Gasteiger partial charge in [0.15, 0.2) is 0 Å². The Morgan fingerprint density at radius 2 is 1.90 bits per heavy atom. The molecule has 0 fully saturated rings. The zero-order valence-corrected chi connectivity index (χ0v) is 12.1. The molecule has 1 aromatic heterocycles. The van der Waals surface area contributed by atoms with Crippen LogP contribution in [-0.2, 0) is 6.42 Å². The fourth-order valence-corrected chi connectivity index (χ4v) is 2.73. The van der Waals surface area contributed by atoms with Crippen LogP contribution in [0.5, 0.6) is 0 Å². The first-order valence-corrected chi connectivity index (χ1v) is 7.07. The monoisotopic (exact) mass is 289 g/mol. The maximum atomic E-state index is 12.1. The van der Waals surface area contributed by atoms with Gasteiger partial charge in [0.05, 0.1) is 5.56 Å². The van der Waals surface area contributed by atoms with Crippen LogP contribution < -0.4 is 5.32 Å². The first-order valence-electron chi connectivity index (χ1n) is 6.25. The fraction of sp³-hybridized carbons (Fsp3) is 0.200. The molecule has 0 aliphatic heterocycles. The third-order valence-electron chi connectivity index (χ3n) is 2.90. The summed E-state index contributed by atoms with van der Waals surface area (Å²) in [6, 6.07) is 8.74. The number of aryl methyl sites for hydroxylation is 2. The van der Waals surface area contributed by atoms with E-state index in [0.717, 1.165) is 16.9 Å². The first-order chi connectivity index (χ1) is 9.51. The summed E-state index contributed by atoms with van der Waals surface area (Å²) in [6.07, 6.45) is 0.741. The molecule has 0 atom stereocenters. The predicted molar refractivity (Wildman–Crippen MR) is 79.8 cm³/mol. The summed E-state index contributed by atoms with van der Waals surface area (Å²) >= 11 is 1.30. The van der Waals surface area contributed by atoms with Crippen molar-refractivity contribution in [1.82, 2.24) is 0 Å². The van der Waals surface area contributed by atoms with Crippen molar-refractivity contribution in [2.24, 2.45) is 0 Å². The second kappa shape index (κ2) is 5.88. The molecule has 0 aliphatic carbocycles. The van der Waals surface area contributed by atoms with Crippen LogP contribution in [0.3, 0.4) is 0 Å². The molecule has 2 aromatic rings. The van der Waals surface area contributed by atoms with E-state index in [2.05, 4.69) is 5.32 Å². The number of hydrogen-bond donors (Lipinski definition) is 2. The average molecular weight is 289 g/mol. The summed E-state index contributed by atoms with van der Waals surface area (Å²) in [7, 11) is 0. The quantitative estimate of drug-likeness (QED) is 0.904. The van der Waals surface area contributed by atoms with E-state index in [1.165, 1.54) is 11.3 Å². The summed E-state index contributed by atoms with van der Waals surface area (Å²) in [6.45, 7) is 3.89. The van der Waals surface area contributed by atoms with Gasteiger partial charge in [-0.1, -0.05) is 24.6 Å². The van der Waals surface area contributed by atoms with Gasteiger partial charge in [0.1, 0.15) is 5.00 Å². The van der Waals surface area contributed by atoms with E-state index in [1.807, 2.05) is 26.0 Å². The van der Waals surface area contributed by atoms with Crippen molar-refractivity contribution in [2.45, 2.75) is 20.3 Å². The average Bonchev–Trinajstić information content (AvgIpc) is 2.82. The van der Waals surface area contributed by atoms with Crippen LogP contribution in [0.25, 0.3) is 0 Å². The van der Waals surface area contributed by atoms with Gasteiger partial charge in [-0.15, -0.1) is 11.3 Å². The number of rotatable bonds is 4. The lowest BCUT2D eigenvalue weighted by atomic mass is 10.1. The highest BCUT2D eigenvalue weighted by molar-refractivity contribution is 7.16. The molecule has 0 radical (unpaired) electrons. The Kier molecular flexibility index (Phi) is 4.20. The molecule has 104 valence electrons. The minimum atomic E-state index is -1.03. The Balaban J connectivity index is 2.25. The molecule has 0 saturated heterocycles.